The van der Waals surface area contributed by atoms with E-state index in [4.69, 9.17) is 0 Å². The predicted molar refractivity (Wildman–Crippen MR) is 85.6 cm³/mol. The topological polar surface area (TPSA) is 58.2 Å². The normalized spacial score (nSPS) is 13.8. The molecule has 0 aliphatic rings. The third-order valence-electron chi connectivity index (χ3n) is 2.89. The molecule has 0 aliphatic carbocycles. The molecule has 0 fully saturated rings. The summed E-state index contributed by atoms with van der Waals surface area (Å²) >= 11 is 1.49. The number of nitrogens with one attached hydrogen (secondary N) is 2. The molecule has 1 heterocycles. The lowest BCUT2D eigenvalue weighted by atomic mass is 10.1. The van der Waals surface area contributed by atoms with Gasteiger partial charge in [-0.05, 0) is 43.7 Å². The highest BCUT2D eigenvalue weighted by Crippen LogP contribution is 2.22. The van der Waals surface area contributed by atoms with Crippen molar-refractivity contribution in [3.63, 3.8) is 0 Å². The lowest BCUT2D eigenvalue weighted by molar-refractivity contribution is 0.482. The smallest absolute Gasteiger partial charge is 0.241 e. The zero-order valence-corrected chi connectivity index (χ0v) is 14.4. The van der Waals surface area contributed by atoms with Gasteiger partial charge in [-0.25, -0.2) is 13.1 Å². The molecular formula is C14H26N2O2S2. The predicted octanol–water partition coefficient (Wildman–Crippen LogP) is 2.96. The third kappa shape index (κ3) is 5.52. The average molecular weight is 319 g/mol. The largest absolute Gasteiger partial charge is 0.312 e. The van der Waals surface area contributed by atoms with Crippen LogP contribution in [0.15, 0.2) is 16.3 Å². The molecular weight excluding hydrogens is 292 g/mol. The molecule has 1 rings (SSSR count). The van der Waals surface area contributed by atoms with Crippen molar-refractivity contribution in [1.29, 1.82) is 0 Å². The van der Waals surface area contributed by atoms with Crippen LogP contribution >= 0.6 is 11.3 Å². The number of hydrogen-bond donors (Lipinski definition) is 2. The van der Waals surface area contributed by atoms with Gasteiger partial charge in [0.1, 0.15) is 0 Å². The van der Waals surface area contributed by atoms with E-state index < -0.39 is 10.0 Å². The summed E-state index contributed by atoms with van der Waals surface area (Å²) in [5, 5.41) is 5.09. The first-order chi connectivity index (χ1) is 9.36. The van der Waals surface area contributed by atoms with Crippen LogP contribution in [-0.4, -0.2) is 21.0 Å². The van der Waals surface area contributed by atoms with Gasteiger partial charge in [0.15, 0.2) is 0 Å². The van der Waals surface area contributed by atoms with Crippen LogP contribution in [-0.2, 0) is 16.6 Å². The van der Waals surface area contributed by atoms with Crippen molar-refractivity contribution in [2.24, 2.45) is 5.92 Å². The van der Waals surface area contributed by atoms with E-state index in [0.717, 1.165) is 24.3 Å². The van der Waals surface area contributed by atoms with E-state index in [1.807, 2.05) is 12.3 Å². The minimum Gasteiger partial charge on any atom is -0.312 e. The molecule has 2 N–H and O–H groups in total. The monoisotopic (exact) mass is 318 g/mol. The quantitative estimate of drug-likeness (QED) is 0.688. The van der Waals surface area contributed by atoms with E-state index in [1.165, 1.54) is 11.3 Å². The Kier molecular flexibility index (Phi) is 7.15. The number of sulfonamides is 1. The molecule has 0 saturated carbocycles. The van der Waals surface area contributed by atoms with Crippen LogP contribution in [0.4, 0.5) is 0 Å². The van der Waals surface area contributed by atoms with Gasteiger partial charge in [0.05, 0.1) is 4.90 Å². The Balaban J connectivity index is 2.74. The van der Waals surface area contributed by atoms with Gasteiger partial charge in [0.25, 0.3) is 0 Å². The second-order valence-electron chi connectivity index (χ2n) is 5.54. The van der Waals surface area contributed by atoms with Crippen molar-refractivity contribution in [3.05, 3.63) is 16.3 Å². The minimum absolute atomic E-state index is 0.0450. The molecule has 116 valence electrons. The molecule has 1 aromatic rings. The fraction of sp³-hybridized carbons (Fsp3) is 0.714. The van der Waals surface area contributed by atoms with Crippen LogP contribution in [0.1, 0.15) is 45.4 Å². The lowest BCUT2D eigenvalue weighted by Gasteiger charge is -2.16. The Morgan fingerprint density at radius 1 is 1.30 bits per heavy atom. The number of thiophene rings is 1. The maximum absolute atomic E-state index is 12.4. The maximum Gasteiger partial charge on any atom is 0.241 e. The van der Waals surface area contributed by atoms with Gasteiger partial charge in [-0.15, -0.1) is 11.3 Å². The Morgan fingerprint density at radius 2 is 2.00 bits per heavy atom. The standard InChI is InChI=1S/C14H26N2O2S2/c1-5-7-15-10-13-14(6-8-19-13)20(17,18)16-12(4)9-11(2)3/h6,8,11-12,15-16H,5,7,9-10H2,1-4H3. The van der Waals surface area contributed by atoms with Crippen LogP contribution in [0, 0.1) is 5.92 Å². The maximum atomic E-state index is 12.4. The van der Waals surface area contributed by atoms with Gasteiger partial charge in [-0.2, -0.15) is 0 Å². The third-order valence-corrected chi connectivity index (χ3v) is 5.61. The van der Waals surface area contributed by atoms with E-state index >= 15 is 0 Å². The van der Waals surface area contributed by atoms with Crippen molar-refractivity contribution in [2.75, 3.05) is 6.54 Å². The Labute approximate surface area is 127 Å². The Morgan fingerprint density at radius 3 is 2.60 bits per heavy atom. The molecule has 1 aromatic heterocycles. The SMILES string of the molecule is CCCNCc1sccc1S(=O)(=O)NC(C)CC(C)C. The van der Waals surface area contributed by atoms with Gasteiger partial charge < -0.3 is 5.32 Å². The summed E-state index contributed by atoms with van der Waals surface area (Å²) in [5.74, 6) is 0.473. The second kappa shape index (κ2) is 8.12. The van der Waals surface area contributed by atoms with Crippen LogP contribution in [0.3, 0.4) is 0 Å². The summed E-state index contributed by atoms with van der Waals surface area (Å²) in [6.07, 6.45) is 1.88. The van der Waals surface area contributed by atoms with Crippen molar-refractivity contribution < 1.29 is 8.42 Å². The second-order valence-corrected chi connectivity index (χ2v) is 8.22. The molecule has 1 unspecified atom stereocenters. The van der Waals surface area contributed by atoms with Crippen molar-refractivity contribution >= 4 is 21.4 Å². The molecule has 0 spiro atoms. The highest BCUT2D eigenvalue weighted by atomic mass is 32.2. The first-order valence-corrected chi connectivity index (χ1v) is 9.52. The van der Waals surface area contributed by atoms with Gasteiger partial charge >= 0.3 is 0 Å². The van der Waals surface area contributed by atoms with E-state index in [9.17, 15) is 8.42 Å². The molecule has 6 heteroatoms. The van der Waals surface area contributed by atoms with Gasteiger partial charge in [-0.1, -0.05) is 20.8 Å². The summed E-state index contributed by atoms with van der Waals surface area (Å²) in [7, 11) is -3.41. The summed E-state index contributed by atoms with van der Waals surface area (Å²) in [6, 6.07) is 1.65. The molecule has 4 nitrogen and oxygen atoms in total. The summed E-state index contributed by atoms with van der Waals surface area (Å²) < 4.78 is 27.6. The van der Waals surface area contributed by atoms with Crippen LogP contribution in [0.25, 0.3) is 0 Å². The molecule has 0 aliphatic heterocycles. The molecule has 0 saturated heterocycles. The van der Waals surface area contributed by atoms with Crippen molar-refractivity contribution in [3.8, 4) is 0 Å². The average Bonchev–Trinajstić information content (AvgIpc) is 2.76. The van der Waals surface area contributed by atoms with E-state index in [1.54, 1.807) is 6.07 Å². The van der Waals surface area contributed by atoms with Crippen LogP contribution in [0.2, 0.25) is 0 Å². The first-order valence-electron chi connectivity index (χ1n) is 7.16. The van der Waals surface area contributed by atoms with E-state index in [-0.39, 0.29) is 6.04 Å². The fourth-order valence-corrected chi connectivity index (χ4v) is 4.83. The van der Waals surface area contributed by atoms with E-state index in [2.05, 4.69) is 30.8 Å². The van der Waals surface area contributed by atoms with Crippen molar-refractivity contribution in [1.82, 2.24) is 10.0 Å². The molecule has 0 aromatic carbocycles. The summed E-state index contributed by atoms with van der Waals surface area (Å²) in [6.45, 7) is 9.70. The zero-order chi connectivity index (χ0) is 15.2. The Bertz CT molecular complexity index is 495. The lowest BCUT2D eigenvalue weighted by Crippen LogP contribution is -2.34. The van der Waals surface area contributed by atoms with Gasteiger partial charge in [0, 0.05) is 17.5 Å². The van der Waals surface area contributed by atoms with E-state index in [0.29, 0.717) is 17.4 Å². The fourth-order valence-electron chi connectivity index (χ4n) is 2.16. The van der Waals surface area contributed by atoms with Crippen LogP contribution < -0.4 is 10.0 Å². The molecule has 1 atom stereocenters. The number of hydrogen-bond acceptors (Lipinski definition) is 4. The van der Waals surface area contributed by atoms with Crippen molar-refractivity contribution in [2.45, 2.75) is 58.0 Å². The van der Waals surface area contributed by atoms with Gasteiger partial charge in [0.2, 0.25) is 10.0 Å². The molecule has 0 bridgehead atoms. The molecule has 0 radical (unpaired) electrons. The molecule has 20 heavy (non-hydrogen) atoms. The number of rotatable bonds is 9. The highest BCUT2D eigenvalue weighted by Gasteiger charge is 2.22. The highest BCUT2D eigenvalue weighted by molar-refractivity contribution is 7.89. The van der Waals surface area contributed by atoms with Gasteiger partial charge in [-0.3, -0.25) is 0 Å². The minimum atomic E-state index is -3.41. The summed E-state index contributed by atoms with van der Waals surface area (Å²) in [4.78, 5) is 1.30. The summed E-state index contributed by atoms with van der Waals surface area (Å²) in [5.41, 5.74) is 0. The Hall–Kier alpha value is -0.430. The zero-order valence-electron chi connectivity index (χ0n) is 12.8. The molecule has 0 amide bonds. The first kappa shape index (κ1) is 17.6. The van der Waals surface area contributed by atoms with Crippen LogP contribution in [0.5, 0.6) is 0 Å².